The lowest BCUT2D eigenvalue weighted by Crippen LogP contribution is -1.98. The Hall–Kier alpha value is -2.59. The topological polar surface area (TPSA) is 18.5 Å². The van der Waals surface area contributed by atoms with Crippen LogP contribution in [0.15, 0.2) is 66.7 Å². The average Bonchev–Trinajstić information content (AvgIpc) is 2.59. The van der Waals surface area contributed by atoms with Gasteiger partial charge in [0.2, 0.25) is 0 Å². The Morgan fingerprint density at radius 2 is 1.58 bits per heavy atom. The monoisotopic (exact) mass is 346 g/mol. The minimum absolute atomic E-state index is 0.0612. The fourth-order valence-corrected chi connectivity index (χ4v) is 2.25. The van der Waals surface area contributed by atoms with Crippen LogP contribution in [0.25, 0.3) is 0 Å². The Kier molecular flexibility index (Phi) is 4.96. The maximum absolute atomic E-state index is 13.2. The van der Waals surface area contributed by atoms with Gasteiger partial charge in [0.1, 0.15) is 23.9 Å². The number of ether oxygens (including phenoxy) is 2. The van der Waals surface area contributed by atoms with Crippen molar-refractivity contribution in [2.45, 2.75) is 6.61 Å². The summed E-state index contributed by atoms with van der Waals surface area (Å²) in [6, 6.07) is 17.9. The van der Waals surface area contributed by atoms with Gasteiger partial charge in [-0.05, 0) is 42.0 Å². The van der Waals surface area contributed by atoms with Crippen LogP contribution in [0.2, 0.25) is 5.02 Å². The lowest BCUT2D eigenvalue weighted by atomic mass is 10.2. The Labute approximate surface area is 143 Å². The number of halogens is 3. The predicted molar refractivity (Wildman–Crippen MR) is 88.7 cm³/mol. The molecule has 3 aromatic carbocycles. The maximum atomic E-state index is 13.2. The van der Waals surface area contributed by atoms with Crippen LogP contribution in [0.4, 0.5) is 8.78 Å². The quantitative estimate of drug-likeness (QED) is 0.565. The van der Waals surface area contributed by atoms with Crippen molar-refractivity contribution in [1.82, 2.24) is 0 Å². The van der Waals surface area contributed by atoms with E-state index in [2.05, 4.69) is 0 Å². The number of hydrogen-bond acceptors (Lipinski definition) is 2. The molecule has 0 N–H and O–H groups in total. The lowest BCUT2D eigenvalue weighted by Gasteiger charge is -2.11. The Balaban J connectivity index is 1.73. The minimum Gasteiger partial charge on any atom is -0.487 e. The van der Waals surface area contributed by atoms with E-state index in [1.54, 1.807) is 18.2 Å². The second-order valence-corrected chi connectivity index (χ2v) is 5.45. The smallest absolute Gasteiger partial charge is 0.159 e. The van der Waals surface area contributed by atoms with Crippen LogP contribution in [-0.2, 0) is 6.61 Å². The molecule has 0 aliphatic carbocycles. The van der Waals surface area contributed by atoms with Crippen LogP contribution >= 0.6 is 11.6 Å². The van der Waals surface area contributed by atoms with Crippen molar-refractivity contribution in [3.8, 4) is 17.2 Å². The van der Waals surface area contributed by atoms with E-state index < -0.39 is 11.6 Å². The largest absolute Gasteiger partial charge is 0.487 e. The van der Waals surface area contributed by atoms with Crippen LogP contribution < -0.4 is 9.47 Å². The van der Waals surface area contributed by atoms with E-state index in [1.165, 1.54) is 6.07 Å². The van der Waals surface area contributed by atoms with E-state index >= 15 is 0 Å². The second kappa shape index (κ2) is 7.32. The van der Waals surface area contributed by atoms with Crippen LogP contribution in [0.3, 0.4) is 0 Å². The van der Waals surface area contributed by atoms with Gasteiger partial charge >= 0.3 is 0 Å². The first-order valence-electron chi connectivity index (χ1n) is 7.21. The fraction of sp³-hybridized carbons (Fsp3) is 0.0526. The van der Waals surface area contributed by atoms with Gasteiger partial charge in [-0.2, -0.15) is 0 Å². The first kappa shape index (κ1) is 16.3. The van der Waals surface area contributed by atoms with Gasteiger partial charge in [-0.1, -0.05) is 35.9 Å². The summed E-state index contributed by atoms with van der Waals surface area (Å²) >= 11 is 6.11. The summed E-state index contributed by atoms with van der Waals surface area (Å²) in [5, 5.41) is 0.401. The van der Waals surface area contributed by atoms with Crippen molar-refractivity contribution < 1.29 is 18.3 Å². The molecular formula is C19H13ClF2O2. The van der Waals surface area contributed by atoms with E-state index in [-0.39, 0.29) is 6.61 Å². The highest BCUT2D eigenvalue weighted by atomic mass is 35.5. The van der Waals surface area contributed by atoms with Gasteiger partial charge in [0.15, 0.2) is 11.6 Å². The highest BCUT2D eigenvalue weighted by Gasteiger charge is 2.07. The van der Waals surface area contributed by atoms with Crippen molar-refractivity contribution in [2.75, 3.05) is 0 Å². The van der Waals surface area contributed by atoms with Crippen molar-refractivity contribution in [3.05, 3.63) is 89.0 Å². The lowest BCUT2D eigenvalue weighted by molar-refractivity contribution is 0.304. The van der Waals surface area contributed by atoms with Gasteiger partial charge in [-0.15, -0.1) is 0 Å². The van der Waals surface area contributed by atoms with Gasteiger partial charge in [0.05, 0.1) is 5.02 Å². The van der Waals surface area contributed by atoms with Gasteiger partial charge in [-0.25, -0.2) is 8.78 Å². The summed E-state index contributed by atoms with van der Waals surface area (Å²) in [5.41, 5.74) is 0.499. The zero-order valence-corrected chi connectivity index (χ0v) is 13.3. The SMILES string of the molecule is Fc1ccc(COc2cc(Oc3ccccc3)ccc2Cl)cc1F. The summed E-state index contributed by atoms with van der Waals surface area (Å²) in [4.78, 5) is 0. The molecule has 0 bridgehead atoms. The molecule has 0 spiro atoms. The molecule has 3 aromatic rings. The molecule has 0 saturated carbocycles. The van der Waals surface area contributed by atoms with E-state index in [1.807, 2.05) is 30.3 Å². The van der Waals surface area contributed by atoms with Gasteiger partial charge in [0.25, 0.3) is 0 Å². The molecule has 0 saturated heterocycles. The average molecular weight is 347 g/mol. The third-order valence-electron chi connectivity index (χ3n) is 3.26. The summed E-state index contributed by atoms with van der Waals surface area (Å²) in [6.07, 6.45) is 0. The van der Waals surface area contributed by atoms with Crippen molar-refractivity contribution in [1.29, 1.82) is 0 Å². The molecule has 0 aliphatic rings. The van der Waals surface area contributed by atoms with Crippen LogP contribution in [0.5, 0.6) is 17.2 Å². The van der Waals surface area contributed by atoms with E-state index in [0.29, 0.717) is 27.8 Å². The summed E-state index contributed by atoms with van der Waals surface area (Å²) in [6.45, 7) is 0.0612. The first-order chi connectivity index (χ1) is 11.6. The van der Waals surface area contributed by atoms with E-state index in [9.17, 15) is 8.78 Å². The highest BCUT2D eigenvalue weighted by molar-refractivity contribution is 6.32. The third-order valence-corrected chi connectivity index (χ3v) is 3.57. The molecule has 0 aliphatic heterocycles. The normalized spacial score (nSPS) is 10.5. The standard InChI is InChI=1S/C19H13ClF2O2/c20-16-8-7-15(24-14-4-2-1-3-5-14)11-19(16)23-12-13-6-9-17(21)18(22)10-13/h1-11H,12H2. The molecule has 3 rings (SSSR count). The molecule has 122 valence electrons. The molecule has 24 heavy (non-hydrogen) atoms. The molecule has 0 heterocycles. The zero-order chi connectivity index (χ0) is 16.9. The van der Waals surface area contributed by atoms with E-state index in [4.69, 9.17) is 21.1 Å². The molecule has 0 atom stereocenters. The Bertz CT molecular complexity index is 838. The van der Waals surface area contributed by atoms with E-state index in [0.717, 1.165) is 12.1 Å². The fourth-order valence-electron chi connectivity index (χ4n) is 2.07. The summed E-state index contributed by atoms with van der Waals surface area (Å²) < 4.78 is 37.5. The van der Waals surface area contributed by atoms with Crippen LogP contribution in [0.1, 0.15) is 5.56 Å². The highest BCUT2D eigenvalue weighted by Crippen LogP contribution is 2.32. The molecule has 0 unspecified atom stereocenters. The molecule has 0 aromatic heterocycles. The van der Waals surface area contributed by atoms with Crippen molar-refractivity contribution in [2.24, 2.45) is 0 Å². The summed E-state index contributed by atoms with van der Waals surface area (Å²) in [7, 11) is 0. The molecule has 0 fully saturated rings. The molecule has 0 amide bonds. The van der Waals surface area contributed by atoms with Gasteiger partial charge in [0, 0.05) is 6.07 Å². The maximum Gasteiger partial charge on any atom is 0.159 e. The van der Waals surface area contributed by atoms with Gasteiger partial charge in [-0.3, -0.25) is 0 Å². The zero-order valence-electron chi connectivity index (χ0n) is 12.5. The third kappa shape index (κ3) is 4.03. The molecule has 5 heteroatoms. The number of hydrogen-bond donors (Lipinski definition) is 0. The molecule has 2 nitrogen and oxygen atoms in total. The van der Waals surface area contributed by atoms with Crippen molar-refractivity contribution >= 4 is 11.6 Å². The molecular weight excluding hydrogens is 334 g/mol. The number of rotatable bonds is 5. The Morgan fingerprint density at radius 3 is 2.33 bits per heavy atom. The predicted octanol–water partition coefficient (Wildman–Crippen LogP) is 5.99. The number of para-hydroxylation sites is 1. The van der Waals surface area contributed by atoms with Crippen molar-refractivity contribution in [3.63, 3.8) is 0 Å². The minimum atomic E-state index is -0.914. The number of benzene rings is 3. The first-order valence-corrected chi connectivity index (χ1v) is 7.59. The van der Waals surface area contributed by atoms with Crippen LogP contribution in [-0.4, -0.2) is 0 Å². The summed E-state index contributed by atoms with van der Waals surface area (Å²) in [5.74, 6) is -0.162. The second-order valence-electron chi connectivity index (χ2n) is 5.04. The molecule has 0 radical (unpaired) electrons. The van der Waals surface area contributed by atoms with Crippen LogP contribution in [0, 0.1) is 11.6 Å². The van der Waals surface area contributed by atoms with Gasteiger partial charge < -0.3 is 9.47 Å². The Morgan fingerprint density at radius 1 is 0.792 bits per heavy atom.